The summed E-state index contributed by atoms with van der Waals surface area (Å²) in [6, 6.07) is 7.73. The molecule has 0 aromatic heterocycles. The van der Waals surface area contributed by atoms with Crippen molar-refractivity contribution in [3.63, 3.8) is 0 Å². The smallest absolute Gasteiger partial charge is 0.410 e. The zero-order valence-corrected chi connectivity index (χ0v) is 14.6. The van der Waals surface area contributed by atoms with Gasteiger partial charge in [0.15, 0.2) is 0 Å². The Hall–Kier alpha value is -2.04. The van der Waals surface area contributed by atoms with E-state index in [2.05, 4.69) is 5.32 Å². The summed E-state index contributed by atoms with van der Waals surface area (Å²) in [6.45, 7) is 10.6. The number of nitrogens with one attached hydrogen (secondary N) is 1. The van der Waals surface area contributed by atoms with Gasteiger partial charge in [-0.25, -0.2) is 4.79 Å². The summed E-state index contributed by atoms with van der Waals surface area (Å²) in [5, 5.41) is 2.94. The van der Waals surface area contributed by atoms with E-state index in [4.69, 9.17) is 4.74 Å². The van der Waals surface area contributed by atoms with Gasteiger partial charge in [-0.1, -0.05) is 19.1 Å². The predicted molar refractivity (Wildman–Crippen MR) is 90.3 cm³/mol. The second-order valence-corrected chi connectivity index (χ2v) is 7.29. The lowest BCUT2D eigenvalue weighted by molar-refractivity contribution is -0.123. The average molecular weight is 318 g/mol. The first kappa shape index (κ1) is 17.3. The van der Waals surface area contributed by atoms with Gasteiger partial charge < -0.3 is 15.0 Å². The van der Waals surface area contributed by atoms with Crippen LogP contribution in [-0.2, 0) is 9.53 Å². The maximum atomic E-state index is 12.3. The molecule has 23 heavy (non-hydrogen) atoms. The van der Waals surface area contributed by atoms with E-state index in [1.807, 2.05) is 58.9 Å². The molecule has 2 amide bonds. The SMILES string of the molecule is Cc1cccc(NC(=O)[C@H](C)C2CN(C(=O)OC(C)(C)C)C2)c1. The standard InChI is InChI=1S/C18H26N2O3/c1-12-7-6-8-15(9-12)19-16(21)13(2)14-10-20(11-14)17(22)23-18(3,4)5/h6-9,13-14H,10-11H2,1-5H3,(H,19,21)/t13-/m1/s1. The lowest BCUT2D eigenvalue weighted by Crippen LogP contribution is -2.55. The molecule has 1 N–H and O–H groups in total. The summed E-state index contributed by atoms with van der Waals surface area (Å²) in [4.78, 5) is 25.9. The molecule has 1 aromatic rings. The molecule has 5 heteroatoms. The molecule has 0 unspecified atom stereocenters. The first-order valence-corrected chi connectivity index (χ1v) is 8.01. The van der Waals surface area contributed by atoms with Gasteiger partial charge in [-0.15, -0.1) is 0 Å². The van der Waals surface area contributed by atoms with Crippen molar-refractivity contribution in [2.75, 3.05) is 18.4 Å². The average Bonchev–Trinajstić information content (AvgIpc) is 2.34. The molecule has 1 atom stereocenters. The van der Waals surface area contributed by atoms with Crippen LogP contribution in [0, 0.1) is 18.8 Å². The Labute approximate surface area is 138 Å². The number of likely N-dealkylation sites (tertiary alicyclic amines) is 1. The van der Waals surface area contributed by atoms with Crippen LogP contribution in [0.5, 0.6) is 0 Å². The molecule has 0 aliphatic carbocycles. The fraction of sp³-hybridized carbons (Fsp3) is 0.556. The van der Waals surface area contributed by atoms with Gasteiger partial charge in [0.05, 0.1) is 0 Å². The lowest BCUT2D eigenvalue weighted by Gasteiger charge is -2.42. The van der Waals surface area contributed by atoms with Gasteiger partial charge in [0.25, 0.3) is 0 Å². The summed E-state index contributed by atoms with van der Waals surface area (Å²) in [7, 11) is 0. The Balaban J connectivity index is 1.82. The van der Waals surface area contributed by atoms with E-state index in [9.17, 15) is 9.59 Å². The number of carbonyl (C=O) groups excluding carboxylic acids is 2. The molecule has 2 rings (SSSR count). The quantitative estimate of drug-likeness (QED) is 0.929. The van der Waals surface area contributed by atoms with Crippen molar-refractivity contribution in [3.8, 4) is 0 Å². The Morgan fingerprint density at radius 2 is 1.96 bits per heavy atom. The van der Waals surface area contributed by atoms with Gasteiger partial charge in [0, 0.05) is 30.6 Å². The third-order valence-electron chi connectivity index (χ3n) is 3.97. The zero-order chi connectivity index (χ0) is 17.2. The molecule has 126 valence electrons. The van der Waals surface area contributed by atoms with Gasteiger partial charge in [0.1, 0.15) is 5.60 Å². The molecule has 1 saturated heterocycles. The summed E-state index contributed by atoms with van der Waals surface area (Å²) < 4.78 is 5.33. The Morgan fingerprint density at radius 1 is 1.30 bits per heavy atom. The van der Waals surface area contributed by atoms with Gasteiger partial charge in [-0.05, 0) is 45.4 Å². The van der Waals surface area contributed by atoms with Crippen LogP contribution in [0.3, 0.4) is 0 Å². The molecular weight excluding hydrogens is 292 g/mol. The van der Waals surface area contributed by atoms with E-state index >= 15 is 0 Å². The molecule has 1 fully saturated rings. The van der Waals surface area contributed by atoms with Crippen molar-refractivity contribution in [1.82, 2.24) is 4.90 Å². The number of aryl methyl sites for hydroxylation is 1. The highest BCUT2D eigenvalue weighted by molar-refractivity contribution is 5.92. The Bertz CT molecular complexity index is 586. The van der Waals surface area contributed by atoms with Gasteiger partial charge >= 0.3 is 6.09 Å². The van der Waals surface area contributed by atoms with Crippen LogP contribution in [0.4, 0.5) is 10.5 Å². The van der Waals surface area contributed by atoms with Crippen LogP contribution in [0.1, 0.15) is 33.3 Å². The first-order chi connectivity index (χ1) is 10.7. The maximum Gasteiger partial charge on any atom is 0.410 e. The minimum atomic E-state index is -0.490. The van der Waals surface area contributed by atoms with Gasteiger partial charge in [0.2, 0.25) is 5.91 Å². The van der Waals surface area contributed by atoms with Gasteiger partial charge in [-0.3, -0.25) is 4.79 Å². The number of hydrogen-bond donors (Lipinski definition) is 1. The highest BCUT2D eigenvalue weighted by atomic mass is 16.6. The van der Waals surface area contributed by atoms with E-state index in [-0.39, 0.29) is 23.8 Å². The number of benzene rings is 1. The van der Waals surface area contributed by atoms with Crippen LogP contribution in [0.15, 0.2) is 24.3 Å². The summed E-state index contributed by atoms with van der Waals surface area (Å²) >= 11 is 0. The van der Waals surface area contributed by atoms with E-state index in [0.717, 1.165) is 11.3 Å². The second-order valence-electron chi connectivity index (χ2n) is 7.29. The van der Waals surface area contributed by atoms with Crippen LogP contribution >= 0.6 is 0 Å². The minimum Gasteiger partial charge on any atom is -0.444 e. The van der Waals surface area contributed by atoms with Crippen molar-refractivity contribution in [2.24, 2.45) is 11.8 Å². The monoisotopic (exact) mass is 318 g/mol. The number of rotatable bonds is 3. The molecular formula is C18H26N2O3. The molecule has 1 aromatic carbocycles. The lowest BCUT2D eigenvalue weighted by atomic mass is 9.86. The molecule has 0 spiro atoms. The fourth-order valence-electron chi connectivity index (χ4n) is 2.50. The maximum absolute atomic E-state index is 12.3. The third kappa shape index (κ3) is 4.71. The molecule has 0 saturated carbocycles. The van der Waals surface area contributed by atoms with Crippen molar-refractivity contribution in [1.29, 1.82) is 0 Å². The summed E-state index contributed by atoms with van der Waals surface area (Å²) in [5.41, 5.74) is 1.43. The first-order valence-electron chi connectivity index (χ1n) is 8.01. The summed E-state index contributed by atoms with van der Waals surface area (Å²) in [5.74, 6) is 0.0194. The van der Waals surface area contributed by atoms with E-state index in [1.54, 1.807) is 4.90 Å². The predicted octanol–water partition coefficient (Wildman–Crippen LogP) is 3.44. The van der Waals surface area contributed by atoms with Crippen LogP contribution in [0.25, 0.3) is 0 Å². The normalized spacial score (nSPS) is 16.5. The van der Waals surface area contributed by atoms with Gasteiger partial charge in [-0.2, -0.15) is 0 Å². The van der Waals surface area contributed by atoms with Crippen LogP contribution < -0.4 is 5.32 Å². The number of amides is 2. The number of ether oxygens (including phenoxy) is 1. The molecule has 1 aliphatic heterocycles. The van der Waals surface area contributed by atoms with Crippen LogP contribution in [-0.4, -0.2) is 35.6 Å². The number of nitrogens with zero attached hydrogens (tertiary/aromatic N) is 1. The molecule has 0 radical (unpaired) electrons. The minimum absolute atomic E-state index is 0.00978. The van der Waals surface area contributed by atoms with E-state index in [1.165, 1.54) is 0 Å². The number of carbonyl (C=O) groups is 2. The fourth-order valence-corrected chi connectivity index (χ4v) is 2.50. The van der Waals surface area contributed by atoms with E-state index in [0.29, 0.717) is 13.1 Å². The number of hydrogen-bond acceptors (Lipinski definition) is 3. The molecule has 1 heterocycles. The Morgan fingerprint density at radius 3 is 2.52 bits per heavy atom. The summed E-state index contributed by atoms with van der Waals surface area (Å²) in [6.07, 6.45) is -0.306. The largest absolute Gasteiger partial charge is 0.444 e. The van der Waals surface area contributed by atoms with Crippen molar-refractivity contribution >= 4 is 17.7 Å². The van der Waals surface area contributed by atoms with Crippen molar-refractivity contribution in [2.45, 2.75) is 40.2 Å². The second kappa shape index (κ2) is 6.60. The zero-order valence-electron chi connectivity index (χ0n) is 14.6. The topological polar surface area (TPSA) is 58.6 Å². The highest BCUT2D eigenvalue weighted by Gasteiger charge is 2.38. The van der Waals surface area contributed by atoms with Crippen molar-refractivity contribution in [3.05, 3.63) is 29.8 Å². The van der Waals surface area contributed by atoms with E-state index < -0.39 is 5.60 Å². The highest BCUT2D eigenvalue weighted by Crippen LogP contribution is 2.26. The molecule has 0 bridgehead atoms. The molecule has 5 nitrogen and oxygen atoms in total. The van der Waals surface area contributed by atoms with Crippen molar-refractivity contribution < 1.29 is 14.3 Å². The third-order valence-corrected chi connectivity index (χ3v) is 3.97. The molecule has 1 aliphatic rings. The Kier molecular flexibility index (Phi) is 4.97. The number of anilines is 1. The van der Waals surface area contributed by atoms with Crippen LogP contribution in [0.2, 0.25) is 0 Å².